The molecule has 1 aromatic carbocycles. The van der Waals surface area contributed by atoms with Gasteiger partial charge in [-0.3, -0.25) is 4.79 Å². The van der Waals surface area contributed by atoms with Gasteiger partial charge in [0.05, 0.1) is 0 Å². The number of nitrogens with one attached hydrogen (secondary N) is 2. The van der Waals surface area contributed by atoms with Gasteiger partial charge >= 0.3 is 0 Å². The van der Waals surface area contributed by atoms with Crippen molar-refractivity contribution in [1.82, 2.24) is 10.2 Å². The summed E-state index contributed by atoms with van der Waals surface area (Å²) in [4.78, 5) is 14.7. The molecule has 2 aliphatic rings. The van der Waals surface area contributed by atoms with Crippen LogP contribution in [0.15, 0.2) is 24.3 Å². The molecule has 1 amide bonds. The number of likely N-dealkylation sites (tertiary alicyclic amines) is 1. The molecular weight excluding hydrogens is 262 g/mol. The standard InChI is InChI=1S/C17H25N3O/c1-2-20-9-7-14(8-10-20)19-17(21)11-13-12-18-16-6-4-3-5-15(13)16/h3-6,13-14,18H,2,7-12H2,1H3,(H,19,21). The van der Waals surface area contributed by atoms with E-state index < -0.39 is 0 Å². The zero-order valence-corrected chi connectivity index (χ0v) is 12.8. The van der Waals surface area contributed by atoms with Gasteiger partial charge in [-0.25, -0.2) is 0 Å². The molecule has 0 bridgehead atoms. The molecule has 4 nitrogen and oxygen atoms in total. The van der Waals surface area contributed by atoms with Gasteiger partial charge in [-0.2, -0.15) is 0 Å². The maximum atomic E-state index is 12.3. The summed E-state index contributed by atoms with van der Waals surface area (Å²) < 4.78 is 0. The van der Waals surface area contributed by atoms with Gasteiger partial charge in [-0.1, -0.05) is 25.1 Å². The van der Waals surface area contributed by atoms with E-state index >= 15 is 0 Å². The molecule has 1 unspecified atom stereocenters. The van der Waals surface area contributed by atoms with Gasteiger partial charge in [0.25, 0.3) is 0 Å². The second-order valence-electron chi connectivity index (χ2n) is 6.15. The fraction of sp³-hybridized carbons (Fsp3) is 0.588. The van der Waals surface area contributed by atoms with E-state index in [1.165, 1.54) is 11.3 Å². The van der Waals surface area contributed by atoms with Crippen LogP contribution in [0.4, 0.5) is 5.69 Å². The number of nitrogens with zero attached hydrogens (tertiary/aromatic N) is 1. The first-order valence-electron chi connectivity index (χ1n) is 8.10. The number of benzene rings is 1. The number of amides is 1. The first-order valence-corrected chi connectivity index (χ1v) is 8.10. The van der Waals surface area contributed by atoms with E-state index in [9.17, 15) is 4.79 Å². The lowest BCUT2D eigenvalue weighted by molar-refractivity contribution is -0.122. The van der Waals surface area contributed by atoms with E-state index in [1.807, 2.05) is 6.07 Å². The molecule has 2 N–H and O–H groups in total. The topological polar surface area (TPSA) is 44.4 Å². The normalized spacial score (nSPS) is 22.6. The van der Waals surface area contributed by atoms with Crippen molar-refractivity contribution < 1.29 is 4.79 Å². The van der Waals surface area contributed by atoms with Gasteiger partial charge in [0.15, 0.2) is 0 Å². The summed E-state index contributed by atoms with van der Waals surface area (Å²) >= 11 is 0. The maximum absolute atomic E-state index is 12.3. The smallest absolute Gasteiger partial charge is 0.220 e. The van der Waals surface area contributed by atoms with Gasteiger partial charge in [0.2, 0.25) is 5.91 Å². The molecule has 1 saturated heterocycles. The van der Waals surface area contributed by atoms with Crippen LogP contribution in [0, 0.1) is 0 Å². The number of hydrogen-bond donors (Lipinski definition) is 2. The van der Waals surface area contributed by atoms with Crippen molar-refractivity contribution in [3.05, 3.63) is 29.8 Å². The molecule has 0 aromatic heterocycles. The minimum Gasteiger partial charge on any atom is -0.384 e. The van der Waals surface area contributed by atoms with E-state index in [1.54, 1.807) is 0 Å². The molecule has 21 heavy (non-hydrogen) atoms. The molecule has 1 fully saturated rings. The summed E-state index contributed by atoms with van der Waals surface area (Å²) in [5.41, 5.74) is 2.47. The SMILES string of the molecule is CCN1CCC(NC(=O)CC2CNc3ccccc32)CC1. The fourth-order valence-corrected chi connectivity index (χ4v) is 3.44. The molecule has 114 valence electrons. The summed E-state index contributed by atoms with van der Waals surface area (Å²) in [7, 11) is 0. The van der Waals surface area contributed by atoms with Crippen molar-refractivity contribution in [1.29, 1.82) is 0 Å². The van der Waals surface area contributed by atoms with Crippen molar-refractivity contribution in [2.75, 3.05) is 31.5 Å². The molecule has 1 atom stereocenters. The minimum atomic E-state index is 0.202. The molecule has 1 aromatic rings. The second-order valence-corrected chi connectivity index (χ2v) is 6.15. The van der Waals surface area contributed by atoms with Crippen LogP contribution < -0.4 is 10.6 Å². The lowest BCUT2D eigenvalue weighted by atomic mass is 9.97. The number of para-hydroxylation sites is 1. The average Bonchev–Trinajstić information content (AvgIpc) is 2.91. The van der Waals surface area contributed by atoms with E-state index in [0.29, 0.717) is 18.4 Å². The molecule has 2 heterocycles. The Kier molecular flexibility index (Phi) is 4.44. The number of hydrogen-bond acceptors (Lipinski definition) is 3. The lowest BCUT2D eigenvalue weighted by Gasteiger charge is -2.31. The Labute approximate surface area is 126 Å². The van der Waals surface area contributed by atoms with E-state index in [0.717, 1.165) is 39.0 Å². The highest BCUT2D eigenvalue weighted by molar-refractivity contribution is 5.78. The van der Waals surface area contributed by atoms with Crippen molar-refractivity contribution in [3.63, 3.8) is 0 Å². The highest BCUT2D eigenvalue weighted by Crippen LogP contribution is 2.33. The van der Waals surface area contributed by atoms with Gasteiger partial charge in [-0.15, -0.1) is 0 Å². The third kappa shape index (κ3) is 3.38. The Morgan fingerprint density at radius 2 is 2.10 bits per heavy atom. The lowest BCUT2D eigenvalue weighted by Crippen LogP contribution is -2.44. The molecule has 0 radical (unpaired) electrons. The number of rotatable bonds is 4. The molecule has 0 spiro atoms. The van der Waals surface area contributed by atoms with Crippen LogP contribution in [0.3, 0.4) is 0 Å². The van der Waals surface area contributed by atoms with Crippen LogP contribution in [0.25, 0.3) is 0 Å². The van der Waals surface area contributed by atoms with Crippen LogP contribution >= 0.6 is 0 Å². The quantitative estimate of drug-likeness (QED) is 0.892. The van der Waals surface area contributed by atoms with Gasteiger partial charge < -0.3 is 15.5 Å². The van der Waals surface area contributed by atoms with Crippen LogP contribution in [0.2, 0.25) is 0 Å². The first kappa shape index (κ1) is 14.4. The van der Waals surface area contributed by atoms with Crippen molar-refractivity contribution in [2.45, 2.75) is 38.1 Å². The average molecular weight is 287 g/mol. The summed E-state index contributed by atoms with van der Waals surface area (Å²) in [6.07, 6.45) is 2.76. The second kappa shape index (κ2) is 6.48. The fourth-order valence-electron chi connectivity index (χ4n) is 3.44. The highest BCUT2D eigenvalue weighted by atomic mass is 16.1. The summed E-state index contributed by atoms with van der Waals surface area (Å²) in [5.74, 6) is 0.519. The van der Waals surface area contributed by atoms with Crippen LogP contribution in [-0.4, -0.2) is 43.0 Å². The monoisotopic (exact) mass is 287 g/mol. The Balaban J connectivity index is 1.49. The van der Waals surface area contributed by atoms with Gasteiger partial charge in [-0.05, 0) is 31.0 Å². The Morgan fingerprint density at radius 1 is 1.33 bits per heavy atom. The molecular formula is C17H25N3O. The van der Waals surface area contributed by atoms with Crippen LogP contribution in [0.5, 0.6) is 0 Å². The van der Waals surface area contributed by atoms with Crippen molar-refractivity contribution in [3.8, 4) is 0 Å². The Hall–Kier alpha value is -1.55. The third-order valence-corrected chi connectivity index (χ3v) is 4.77. The van der Waals surface area contributed by atoms with Crippen molar-refractivity contribution >= 4 is 11.6 Å². The zero-order valence-electron chi connectivity index (χ0n) is 12.8. The van der Waals surface area contributed by atoms with Gasteiger partial charge in [0, 0.05) is 43.7 Å². The number of carbonyl (C=O) groups is 1. The van der Waals surface area contributed by atoms with E-state index in [-0.39, 0.29) is 5.91 Å². The summed E-state index contributed by atoms with van der Waals surface area (Å²) in [6, 6.07) is 8.68. The third-order valence-electron chi connectivity index (χ3n) is 4.77. The van der Waals surface area contributed by atoms with E-state index in [4.69, 9.17) is 0 Å². The molecule has 0 saturated carbocycles. The predicted octanol–water partition coefficient (Wildman–Crippen LogP) is 2.19. The number of carbonyl (C=O) groups excluding carboxylic acids is 1. The largest absolute Gasteiger partial charge is 0.384 e. The molecule has 2 aliphatic heterocycles. The molecule has 0 aliphatic carbocycles. The predicted molar refractivity (Wildman–Crippen MR) is 85.6 cm³/mol. The Morgan fingerprint density at radius 3 is 2.86 bits per heavy atom. The first-order chi connectivity index (χ1) is 10.3. The summed E-state index contributed by atoms with van der Waals surface area (Å²) in [5, 5.41) is 6.61. The summed E-state index contributed by atoms with van der Waals surface area (Å²) in [6.45, 7) is 6.40. The van der Waals surface area contributed by atoms with Crippen LogP contribution in [0.1, 0.15) is 37.7 Å². The minimum absolute atomic E-state index is 0.202. The van der Waals surface area contributed by atoms with E-state index in [2.05, 4.69) is 40.7 Å². The molecule has 3 rings (SSSR count). The zero-order chi connectivity index (χ0) is 14.7. The maximum Gasteiger partial charge on any atom is 0.220 e. The number of anilines is 1. The highest BCUT2D eigenvalue weighted by Gasteiger charge is 2.25. The number of fused-ring (bicyclic) bond motifs is 1. The Bertz CT molecular complexity index is 495. The molecule has 4 heteroatoms. The van der Waals surface area contributed by atoms with Crippen LogP contribution in [-0.2, 0) is 4.79 Å². The van der Waals surface area contributed by atoms with Gasteiger partial charge in [0.1, 0.15) is 0 Å². The number of piperidine rings is 1. The van der Waals surface area contributed by atoms with Crippen molar-refractivity contribution in [2.24, 2.45) is 0 Å².